The molecule has 0 saturated heterocycles. The predicted octanol–water partition coefficient (Wildman–Crippen LogP) is 3.93. The molecule has 0 aromatic carbocycles. The van der Waals surface area contributed by atoms with E-state index in [-0.39, 0.29) is 0 Å². The summed E-state index contributed by atoms with van der Waals surface area (Å²) in [6, 6.07) is 9.65. The third kappa shape index (κ3) is 3.70. The molecule has 2 nitrogen and oxygen atoms in total. The minimum Gasteiger partial charge on any atom is -0.329 e. The molecule has 0 bridgehead atoms. The molecule has 2 N–H and O–H groups in total. The van der Waals surface area contributed by atoms with Crippen molar-refractivity contribution in [3.8, 4) is 0 Å². The van der Waals surface area contributed by atoms with Crippen LogP contribution >= 0.6 is 22.7 Å². The molecule has 0 amide bonds. The van der Waals surface area contributed by atoms with Crippen molar-refractivity contribution in [2.45, 2.75) is 38.8 Å². The summed E-state index contributed by atoms with van der Waals surface area (Å²) in [5.41, 5.74) is 6.04. The highest BCUT2D eigenvalue weighted by Crippen LogP contribution is 2.29. The van der Waals surface area contributed by atoms with Crippen LogP contribution in [0.1, 0.15) is 34.5 Å². The first-order valence-electron chi connectivity index (χ1n) is 7.18. The number of aryl methyl sites for hydroxylation is 1. The van der Waals surface area contributed by atoms with E-state index in [0.717, 1.165) is 12.8 Å². The average molecular weight is 309 g/mol. The van der Waals surface area contributed by atoms with Crippen LogP contribution < -0.4 is 5.73 Å². The topological polar surface area (TPSA) is 29.3 Å². The Bertz CT molecular complexity index is 504. The molecule has 0 fully saturated rings. The fraction of sp³-hybridized carbons (Fsp3) is 0.500. The highest BCUT2D eigenvalue weighted by molar-refractivity contribution is 7.12. The Labute approximate surface area is 130 Å². The van der Waals surface area contributed by atoms with Gasteiger partial charge in [-0.25, -0.2) is 0 Å². The van der Waals surface area contributed by atoms with Crippen molar-refractivity contribution in [2.24, 2.45) is 5.73 Å². The molecule has 2 unspecified atom stereocenters. The zero-order valence-electron chi connectivity index (χ0n) is 12.5. The Morgan fingerprint density at radius 2 is 2.05 bits per heavy atom. The summed E-state index contributed by atoms with van der Waals surface area (Å²) in [7, 11) is 2.20. The van der Waals surface area contributed by atoms with Gasteiger partial charge in [-0.2, -0.15) is 0 Å². The number of rotatable bonds is 7. The predicted molar refractivity (Wildman–Crippen MR) is 90.7 cm³/mol. The van der Waals surface area contributed by atoms with E-state index in [1.165, 1.54) is 14.6 Å². The van der Waals surface area contributed by atoms with E-state index in [4.69, 9.17) is 5.73 Å². The van der Waals surface area contributed by atoms with Gasteiger partial charge >= 0.3 is 0 Å². The van der Waals surface area contributed by atoms with E-state index in [0.29, 0.717) is 18.6 Å². The molecular weight excluding hydrogens is 284 g/mol. The maximum atomic E-state index is 6.04. The first-order valence-corrected chi connectivity index (χ1v) is 8.88. The van der Waals surface area contributed by atoms with Crippen LogP contribution in [0.25, 0.3) is 0 Å². The van der Waals surface area contributed by atoms with Crippen molar-refractivity contribution in [3.05, 3.63) is 44.3 Å². The lowest BCUT2D eigenvalue weighted by atomic mass is 10.1. The van der Waals surface area contributed by atoms with Crippen molar-refractivity contribution in [3.63, 3.8) is 0 Å². The molecule has 0 aliphatic heterocycles. The molecule has 4 heteroatoms. The van der Waals surface area contributed by atoms with Crippen LogP contribution in [0.2, 0.25) is 0 Å². The van der Waals surface area contributed by atoms with Crippen LogP contribution in [0, 0.1) is 0 Å². The van der Waals surface area contributed by atoms with E-state index in [2.05, 4.69) is 55.4 Å². The van der Waals surface area contributed by atoms with Gasteiger partial charge in [0.15, 0.2) is 0 Å². The monoisotopic (exact) mass is 308 g/mol. The van der Waals surface area contributed by atoms with Crippen LogP contribution in [0.4, 0.5) is 0 Å². The SMILES string of the molecule is CCc1ccc(C(CN)N(C)C(C)Cc2cccs2)s1. The van der Waals surface area contributed by atoms with Gasteiger partial charge in [0.1, 0.15) is 0 Å². The minimum atomic E-state index is 0.329. The summed E-state index contributed by atoms with van der Waals surface area (Å²) in [6.07, 6.45) is 2.20. The zero-order valence-corrected chi connectivity index (χ0v) is 14.1. The van der Waals surface area contributed by atoms with Gasteiger partial charge in [0.25, 0.3) is 0 Å². The second-order valence-corrected chi connectivity index (χ2v) is 7.44. The van der Waals surface area contributed by atoms with Crippen molar-refractivity contribution >= 4 is 22.7 Å². The lowest BCUT2D eigenvalue weighted by Crippen LogP contribution is -2.37. The largest absolute Gasteiger partial charge is 0.329 e. The molecule has 2 aromatic heterocycles. The summed E-state index contributed by atoms with van der Waals surface area (Å²) in [5.74, 6) is 0. The third-order valence-corrected chi connectivity index (χ3v) is 6.08. The maximum absolute atomic E-state index is 6.04. The summed E-state index contributed by atoms with van der Waals surface area (Å²) in [4.78, 5) is 6.70. The van der Waals surface area contributed by atoms with Gasteiger partial charge in [0.2, 0.25) is 0 Å². The van der Waals surface area contributed by atoms with Crippen molar-refractivity contribution in [2.75, 3.05) is 13.6 Å². The van der Waals surface area contributed by atoms with Gasteiger partial charge in [-0.3, -0.25) is 4.90 Å². The lowest BCUT2D eigenvalue weighted by molar-refractivity contribution is 0.191. The molecule has 2 rings (SSSR count). The van der Waals surface area contributed by atoms with Crippen LogP contribution in [0.5, 0.6) is 0 Å². The average Bonchev–Trinajstić information content (AvgIpc) is 3.10. The smallest absolute Gasteiger partial charge is 0.0564 e. The third-order valence-electron chi connectivity index (χ3n) is 3.85. The van der Waals surface area contributed by atoms with Crippen molar-refractivity contribution in [1.82, 2.24) is 4.90 Å². The second-order valence-electron chi connectivity index (χ2n) is 5.21. The summed E-state index contributed by atoms with van der Waals surface area (Å²) in [5, 5.41) is 2.15. The van der Waals surface area contributed by atoms with Gasteiger partial charge in [-0.15, -0.1) is 22.7 Å². The number of nitrogens with zero attached hydrogens (tertiary/aromatic N) is 1. The fourth-order valence-corrected chi connectivity index (χ4v) is 4.36. The molecule has 0 radical (unpaired) electrons. The highest BCUT2D eigenvalue weighted by Gasteiger charge is 2.22. The maximum Gasteiger partial charge on any atom is 0.0564 e. The molecule has 0 aliphatic carbocycles. The molecule has 20 heavy (non-hydrogen) atoms. The number of hydrogen-bond donors (Lipinski definition) is 1. The van der Waals surface area contributed by atoms with Crippen LogP contribution in [0.15, 0.2) is 29.6 Å². The molecule has 110 valence electrons. The van der Waals surface area contributed by atoms with Crippen LogP contribution in [-0.4, -0.2) is 24.5 Å². The van der Waals surface area contributed by atoms with Gasteiger partial charge < -0.3 is 5.73 Å². The Morgan fingerprint density at radius 1 is 1.25 bits per heavy atom. The van der Waals surface area contributed by atoms with E-state index < -0.39 is 0 Å². The first kappa shape index (κ1) is 15.7. The van der Waals surface area contributed by atoms with E-state index in [1.807, 2.05) is 22.7 Å². The number of hydrogen-bond acceptors (Lipinski definition) is 4. The van der Waals surface area contributed by atoms with E-state index >= 15 is 0 Å². The zero-order chi connectivity index (χ0) is 14.5. The number of likely N-dealkylation sites (N-methyl/N-ethyl adjacent to an activating group) is 1. The molecule has 0 saturated carbocycles. The summed E-state index contributed by atoms with van der Waals surface area (Å²) < 4.78 is 0. The standard InChI is InChI=1S/C16H24N2S2/c1-4-13-7-8-16(20-13)15(11-17)18(3)12(2)10-14-6-5-9-19-14/h5-9,12,15H,4,10-11,17H2,1-3H3. The molecule has 2 heterocycles. The summed E-state index contributed by atoms with van der Waals surface area (Å²) in [6.45, 7) is 5.17. The van der Waals surface area contributed by atoms with Gasteiger partial charge in [0, 0.05) is 27.2 Å². The van der Waals surface area contributed by atoms with E-state index in [1.54, 1.807) is 0 Å². The minimum absolute atomic E-state index is 0.329. The van der Waals surface area contributed by atoms with Crippen molar-refractivity contribution in [1.29, 1.82) is 0 Å². The highest BCUT2D eigenvalue weighted by atomic mass is 32.1. The molecular formula is C16H24N2S2. The Morgan fingerprint density at radius 3 is 2.60 bits per heavy atom. The van der Waals surface area contributed by atoms with Crippen LogP contribution in [0.3, 0.4) is 0 Å². The quantitative estimate of drug-likeness (QED) is 0.839. The molecule has 2 atom stereocenters. The van der Waals surface area contributed by atoms with Crippen molar-refractivity contribution < 1.29 is 0 Å². The molecule has 0 spiro atoms. The molecule has 0 aliphatic rings. The first-order chi connectivity index (χ1) is 9.65. The Balaban J connectivity index is 2.05. The lowest BCUT2D eigenvalue weighted by Gasteiger charge is -2.31. The fourth-order valence-electron chi connectivity index (χ4n) is 2.42. The van der Waals surface area contributed by atoms with E-state index in [9.17, 15) is 0 Å². The molecule has 2 aromatic rings. The normalized spacial score (nSPS) is 14.7. The Kier molecular flexibility index (Phi) is 5.78. The van der Waals surface area contributed by atoms with Crippen LogP contribution in [-0.2, 0) is 12.8 Å². The number of thiophene rings is 2. The van der Waals surface area contributed by atoms with Gasteiger partial charge in [-0.05, 0) is 50.4 Å². The second kappa shape index (κ2) is 7.36. The van der Waals surface area contributed by atoms with Gasteiger partial charge in [-0.1, -0.05) is 13.0 Å². The summed E-state index contributed by atoms with van der Waals surface area (Å²) >= 11 is 3.74. The van der Waals surface area contributed by atoms with Gasteiger partial charge in [0.05, 0.1) is 6.04 Å². The Hall–Kier alpha value is -0.680. The number of nitrogens with two attached hydrogens (primary N) is 1.